The number of hydrogen-bond acceptors (Lipinski definition) is 5. The van der Waals surface area contributed by atoms with E-state index < -0.39 is 16.1 Å². The average molecular weight is 464 g/mol. The summed E-state index contributed by atoms with van der Waals surface area (Å²) < 4.78 is 32.5. The van der Waals surface area contributed by atoms with E-state index in [9.17, 15) is 18.0 Å². The maximum Gasteiger partial charge on any atom is 0.411 e. The Labute approximate surface area is 190 Å². The van der Waals surface area contributed by atoms with Crippen LogP contribution in [0.25, 0.3) is 0 Å². The molecule has 3 aliphatic rings. The minimum absolute atomic E-state index is 0.138. The van der Waals surface area contributed by atoms with Crippen molar-refractivity contribution in [1.29, 1.82) is 0 Å². The Morgan fingerprint density at radius 1 is 0.969 bits per heavy atom. The van der Waals surface area contributed by atoms with Crippen LogP contribution in [0.3, 0.4) is 0 Å². The molecule has 32 heavy (non-hydrogen) atoms. The highest BCUT2D eigenvalue weighted by Crippen LogP contribution is 2.37. The van der Waals surface area contributed by atoms with Gasteiger partial charge in [-0.3, -0.25) is 10.1 Å². The summed E-state index contributed by atoms with van der Waals surface area (Å²) in [5, 5.41) is 2.51. The number of nitrogens with zero attached hydrogens (tertiary/aromatic N) is 2. The molecule has 1 N–H and O–H groups in total. The van der Waals surface area contributed by atoms with Crippen molar-refractivity contribution in [3.63, 3.8) is 0 Å². The first-order chi connectivity index (χ1) is 15.4. The van der Waals surface area contributed by atoms with Gasteiger partial charge in [0.2, 0.25) is 15.9 Å². The Balaban J connectivity index is 1.44. The first-order valence-electron chi connectivity index (χ1n) is 11.7. The van der Waals surface area contributed by atoms with Crippen LogP contribution in [0.15, 0.2) is 29.2 Å². The van der Waals surface area contributed by atoms with E-state index in [0.717, 1.165) is 25.8 Å². The summed E-state index contributed by atoms with van der Waals surface area (Å²) in [6, 6.07) is 6.36. The number of sulfonamides is 1. The van der Waals surface area contributed by atoms with E-state index in [-0.39, 0.29) is 23.3 Å². The van der Waals surface area contributed by atoms with Crippen LogP contribution in [0.5, 0.6) is 0 Å². The highest BCUT2D eigenvalue weighted by Gasteiger charge is 2.40. The molecule has 3 atom stereocenters. The largest absolute Gasteiger partial charge is 0.453 e. The molecule has 1 aromatic carbocycles. The molecule has 2 aliphatic heterocycles. The molecule has 0 aromatic heterocycles. The predicted octanol–water partition coefficient (Wildman–Crippen LogP) is 3.45. The SMILES string of the molecule is COC(=O)Nc1ccc(S(=O)(=O)N2CCC[C@@H](C(=O)N3CCC[C@@H]4CCCC[C@@H]43)C2)cc1. The van der Waals surface area contributed by atoms with Gasteiger partial charge in [-0.05, 0) is 68.7 Å². The number of amides is 2. The van der Waals surface area contributed by atoms with Crippen LogP contribution in [0.1, 0.15) is 51.4 Å². The molecule has 0 radical (unpaired) electrons. The molecule has 1 aliphatic carbocycles. The topological polar surface area (TPSA) is 96.0 Å². The molecule has 0 unspecified atom stereocenters. The van der Waals surface area contributed by atoms with E-state index in [0.29, 0.717) is 30.6 Å². The number of anilines is 1. The Bertz CT molecular complexity index is 931. The molecule has 2 saturated heterocycles. The fourth-order valence-corrected chi connectivity index (χ4v) is 7.05. The summed E-state index contributed by atoms with van der Waals surface area (Å²) in [7, 11) is -2.45. The van der Waals surface area contributed by atoms with E-state index in [4.69, 9.17) is 0 Å². The van der Waals surface area contributed by atoms with Crippen molar-refractivity contribution in [2.24, 2.45) is 11.8 Å². The van der Waals surface area contributed by atoms with Crippen molar-refractivity contribution in [1.82, 2.24) is 9.21 Å². The van der Waals surface area contributed by atoms with Crippen LogP contribution in [0, 0.1) is 11.8 Å². The zero-order valence-electron chi connectivity index (χ0n) is 18.7. The highest BCUT2D eigenvalue weighted by atomic mass is 32.2. The summed E-state index contributed by atoms with van der Waals surface area (Å²) in [4.78, 5) is 27.0. The van der Waals surface area contributed by atoms with E-state index in [1.165, 1.54) is 61.4 Å². The van der Waals surface area contributed by atoms with Gasteiger partial charge >= 0.3 is 6.09 Å². The maximum atomic E-state index is 13.4. The van der Waals surface area contributed by atoms with Crippen molar-refractivity contribution < 1.29 is 22.7 Å². The second-order valence-corrected chi connectivity index (χ2v) is 11.1. The third kappa shape index (κ3) is 4.78. The van der Waals surface area contributed by atoms with Gasteiger partial charge in [0.05, 0.1) is 17.9 Å². The van der Waals surface area contributed by atoms with Gasteiger partial charge in [-0.1, -0.05) is 12.8 Å². The zero-order chi connectivity index (χ0) is 22.7. The third-order valence-corrected chi connectivity index (χ3v) is 9.06. The van der Waals surface area contributed by atoms with Crippen LogP contribution >= 0.6 is 0 Å². The highest BCUT2D eigenvalue weighted by molar-refractivity contribution is 7.89. The normalized spacial score (nSPS) is 26.8. The molecule has 3 fully saturated rings. The second kappa shape index (κ2) is 9.79. The van der Waals surface area contributed by atoms with Crippen molar-refractivity contribution >= 4 is 27.7 Å². The van der Waals surface area contributed by atoms with Crippen LogP contribution < -0.4 is 5.32 Å². The second-order valence-electron chi connectivity index (χ2n) is 9.13. The van der Waals surface area contributed by atoms with Crippen molar-refractivity contribution in [2.45, 2.75) is 62.3 Å². The van der Waals surface area contributed by atoms with Gasteiger partial charge in [0, 0.05) is 31.4 Å². The third-order valence-electron chi connectivity index (χ3n) is 7.18. The average Bonchev–Trinajstić information content (AvgIpc) is 2.83. The summed E-state index contributed by atoms with van der Waals surface area (Å²) in [5.41, 5.74) is 0.453. The van der Waals surface area contributed by atoms with Crippen LogP contribution in [0.2, 0.25) is 0 Å². The molecule has 1 aromatic rings. The first-order valence-corrected chi connectivity index (χ1v) is 13.1. The Kier molecular flexibility index (Phi) is 7.05. The Hall–Kier alpha value is -2.13. The first kappa shape index (κ1) is 23.0. The minimum Gasteiger partial charge on any atom is -0.453 e. The van der Waals surface area contributed by atoms with E-state index in [2.05, 4.69) is 15.0 Å². The number of fused-ring (bicyclic) bond motifs is 1. The molecule has 4 rings (SSSR count). The van der Waals surface area contributed by atoms with E-state index >= 15 is 0 Å². The lowest BCUT2D eigenvalue weighted by atomic mass is 9.77. The Morgan fingerprint density at radius 3 is 2.41 bits per heavy atom. The van der Waals surface area contributed by atoms with Crippen molar-refractivity contribution in [2.75, 3.05) is 32.1 Å². The zero-order valence-corrected chi connectivity index (χ0v) is 19.5. The number of carbonyl (C=O) groups excluding carboxylic acids is 2. The lowest BCUT2D eigenvalue weighted by molar-refractivity contribution is -0.143. The standard InChI is InChI=1S/C23H33N3O5S/c1-31-23(28)24-19-10-12-20(13-11-19)32(29,30)25-14-4-8-18(16-25)22(27)26-15-5-7-17-6-2-3-9-21(17)26/h10-13,17-18,21H,2-9,14-16H2,1H3,(H,24,28)/t17-,18+,21-/m0/s1. The smallest absolute Gasteiger partial charge is 0.411 e. The molecular weight excluding hydrogens is 430 g/mol. The van der Waals surface area contributed by atoms with Gasteiger partial charge in [0.25, 0.3) is 0 Å². The van der Waals surface area contributed by atoms with E-state index in [1.807, 2.05) is 0 Å². The van der Waals surface area contributed by atoms with Gasteiger partial charge in [0.1, 0.15) is 0 Å². The Morgan fingerprint density at radius 2 is 1.66 bits per heavy atom. The molecule has 2 heterocycles. The quantitative estimate of drug-likeness (QED) is 0.738. The predicted molar refractivity (Wildman–Crippen MR) is 121 cm³/mol. The van der Waals surface area contributed by atoms with Gasteiger partial charge in [-0.2, -0.15) is 4.31 Å². The lowest BCUT2D eigenvalue weighted by Crippen LogP contribution is -2.54. The van der Waals surface area contributed by atoms with Crippen LogP contribution in [-0.2, 0) is 19.6 Å². The summed E-state index contributed by atoms with van der Waals surface area (Å²) in [6.45, 7) is 1.45. The minimum atomic E-state index is -3.71. The fraction of sp³-hybridized carbons (Fsp3) is 0.652. The molecule has 1 saturated carbocycles. The number of likely N-dealkylation sites (tertiary alicyclic amines) is 1. The van der Waals surface area contributed by atoms with Crippen molar-refractivity contribution in [3.05, 3.63) is 24.3 Å². The summed E-state index contributed by atoms with van der Waals surface area (Å²) >= 11 is 0. The lowest BCUT2D eigenvalue weighted by Gasteiger charge is -2.46. The van der Waals surface area contributed by atoms with E-state index in [1.54, 1.807) is 0 Å². The molecule has 0 spiro atoms. The van der Waals surface area contributed by atoms with Gasteiger partial charge < -0.3 is 9.64 Å². The molecular formula is C23H33N3O5S. The van der Waals surface area contributed by atoms with Crippen molar-refractivity contribution in [3.8, 4) is 0 Å². The number of nitrogens with one attached hydrogen (secondary N) is 1. The monoisotopic (exact) mass is 463 g/mol. The molecule has 2 amide bonds. The maximum absolute atomic E-state index is 13.4. The number of piperidine rings is 2. The van der Waals surface area contributed by atoms with Gasteiger partial charge in [-0.25, -0.2) is 13.2 Å². The fourth-order valence-electron chi connectivity index (χ4n) is 5.52. The van der Waals surface area contributed by atoms with Gasteiger partial charge in [0.15, 0.2) is 0 Å². The molecule has 176 valence electrons. The number of rotatable bonds is 4. The molecule has 9 heteroatoms. The van der Waals surface area contributed by atoms with Gasteiger partial charge in [-0.15, -0.1) is 0 Å². The summed E-state index contributed by atoms with van der Waals surface area (Å²) in [6.07, 6.45) is 7.78. The summed E-state index contributed by atoms with van der Waals surface area (Å²) in [5.74, 6) is 0.473. The number of methoxy groups -OCH3 is 1. The molecule has 0 bridgehead atoms. The van der Waals surface area contributed by atoms with Crippen LogP contribution in [0.4, 0.5) is 10.5 Å². The molecule has 8 nitrogen and oxygen atoms in total. The number of benzene rings is 1. The number of carbonyl (C=O) groups is 2. The number of ether oxygens (including phenoxy) is 1. The van der Waals surface area contributed by atoms with Crippen LogP contribution in [-0.4, -0.2) is 62.4 Å². The number of hydrogen-bond donors (Lipinski definition) is 1.